The first-order valence-corrected chi connectivity index (χ1v) is 8.47. The van der Waals surface area contributed by atoms with Crippen molar-refractivity contribution in [2.45, 2.75) is 26.3 Å². The van der Waals surface area contributed by atoms with Gasteiger partial charge in [0.2, 0.25) is 5.91 Å². The SMILES string of the molecule is COc1ccc(C(C)=O)cc1CC(=O)N1CCc2sccc2C1. The van der Waals surface area contributed by atoms with Gasteiger partial charge in [-0.3, -0.25) is 9.59 Å². The first kappa shape index (κ1) is 15.7. The van der Waals surface area contributed by atoms with Crippen molar-refractivity contribution >= 4 is 23.0 Å². The highest BCUT2D eigenvalue weighted by molar-refractivity contribution is 7.10. The first-order valence-electron chi connectivity index (χ1n) is 7.59. The van der Waals surface area contributed by atoms with E-state index in [4.69, 9.17) is 4.74 Å². The summed E-state index contributed by atoms with van der Waals surface area (Å²) in [5, 5.41) is 2.08. The molecule has 1 amide bonds. The summed E-state index contributed by atoms with van der Waals surface area (Å²) in [6.45, 7) is 2.95. The lowest BCUT2D eigenvalue weighted by Crippen LogP contribution is -2.36. The molecule has 4 nitrogen and oxygen atoms in total. The molecule has 0 N–H and O–H groups in total. The van der Waals surface area contributed by atoms with Crippen LogP contribution in [0.5, 0.6) is 5.75 Å². The van der Waals surface area contributed by atoms with Gasteiger partial charge < -0.3 is 9.64 Å². The van der Waals surface area contributed by atoms with Gasteiger partial charge in [0.25, 0.3) is 0 Å². The third-order valence-electron chi connectivity index (χ3n) is 4.19. The Morgan fingerprint density at radius 1 is 1.30 bits per heavy atom. The van der Waals surface area contributed by atoms with Gasteiger partial charge in [0.1, 0.15) is 5.75 Å². The first-order chi connectivity index (χ1) is 11.1. The van der Waals surface area contributed by atoms with E-state index in [1.807, 2.05) is 4.90 Å². The number of ether oxygens (including phenoxy) is 1. The summed E-state index contributed by atoms with van der Waals surface area (Å²) in [6, 6.07) is 7.34. The second-order valence-corrected chi connectivity index (χ2v) is 6.69. The van der Waals surface area contributed by atoms with E-state index in [1.54, 1.807) is 36.6 Å². The van der Waals surface area contributed by atoms with Crippen LogP contribution < -0.4 is 4.74 Å². The van der Waals surface area contributed by atoms with Crippen molar-refractivity contribution < 1.29 is 14.3 Å². The normalized spacial score (nSPS) is 13.6. The van der Waals surface area contributed by atoms with Gasteiger partial charge in [-0.15, -0.1) is 11.3 Å². The molecule has 0 atom stereocenters. The fourth-order valence-corrected chi connectivity index (χ4v) is 3.76. The monoisotopic (exact) mass is 329 g/mol. The number of thiophene rings is 1. The maximum Gasteiger partial charge on any atom is 0.227 e. The molecule has 120 valence electrons. The molecule has 1 aromatic carbocycles. The maximum atomic E-state index is 12.6. The van der Waals surface area contributed by atoms with Crippen LogP contribution in [0.4, 0.5) is 0 Å². The number of carbonyl (C=O) groups is 2. The van der Waals surface area contributed by atoms with Gasteiger partial charge in [-0.25, -0.2) is 0 Å². The summed E-state index contributed by atoms with van der Waals surface area (Å²) in [7, 11) is 1.58. The van der Waals surface area contributed by atoms with Crippen molar-refractivity contribution in [3.63, 3.8) is 0 Å². The van der Waals surface area contributed by atoms with E-state index in [-0.39, 0.29) is 18.1 Å². The van der Waals surface area contributed by atoms with Gasteiger partial charge >= 0.3 is 0 Å². The molecule has 5 heteroatoms. The van der Waals surface area contributed by atoms with E-state index in [9.17, 15) is 9.59 Å². The third-order valence-corrected chi connectivity index (χ3v) is 5.21. The molecule has 2 heterocycles. The Balaban J connectivity index is 1.77. The molecular formula is C18H19NO3S. The molecule has 0 fully saturated rings. The summed E-state index contributed by atoms with van der Waals surface area (Å²) >= 11 is 1.76. The summed E-state index contributed by atoms with van der Waals surface area (Å²) in [5.74, 6) is 0.708. The van der Waals surface area contributed by atoms with Gasteiger partial charge in [-0.05, 0) is 48.6 Å². The largest absolute Gasteiger partial charge is 0.496 e. The topological polar surface area (TPSA) is 46.6 Å². The highest BCUT2D eigenvalue weighted by Crippen LogP contribution is 2.26. The van der Waals surface area contributed by atoms with Crippen LogP contribution in [0.1, 0.15) is 33.3 Å². The molecule has 1 aromatic heterocycles. The quantitative estimate of drug-likeness (QED) is 0.810. The minimum atomic E-state index is -0.0118. The molecule has 3 rings (SSSR count). The number of methoxy groups -OCH3 is 1. The van der Waals surface area contributed by atoms with Gasteiger partial charge in [0, 0.05) is 29.1 Å². The van der Waals surface area contributed by atoms with Crippen molar-refractivity contribution in [1.82, 2.24) is 4.90 Å². The molecule has 0 saturated heterocycles. The zero-order chi connectivity index (χ0) is 16.4. The summed E-state index contributed by atoms with van der Waals surface area (Å²) in [6.07, 6.45) is 1.17. The average Bonchev–Trinajstić information content (AvgIpc) is 3.02. The van der Waals surface area contributed by atoms with Crippen molar-refractivity contribution in [3.8, 4) is 5.75 Å². The Morgan fingerprint density at radius 3 is 2.87 bits per heavy atom. The Bertz CT molecular complexity index is 750. The number of amides is 1. The number of fused-ring (bicyclic) bond motifs is 1. The number of hydrogen-bond donors (Lipinski definition) is 0. The zero-order valence-electron chi connectivity index (χ0n) is 13.3. The molecule has 23 heavy (non-hydrogen) atoms. The summed E-state index contributed by atoms with van der Waals surface area (Å²) < 4.78 is 5.33. The number of ketones is 1. The lowest BCUT2D eigenvalue weighted by Gasteiger charge is -2.27. The van der Waals surface area contributed by atoms with Crippen LogP contribution >= 0.6 is 11.3 Å². The minimum Gasteiger partial charge on any atom is -0.496 e. The molecule has 0 bridgehead atoms. The number of rotatable bonds is 4. The Kier molecular flexibility index (Phi) is 4.48. The lowest BCUT2D eigenvalue weighted by atomic mass is 10.0. The highest BCUT2D eigenvalue weighted by atomic mass is 32.1. The van der Waals surface area contributed by atoms with Gasteiger partial charge in [-0.1, -0.05) is 0 Å². The van der Waals surface area contributed by atoms with Gasteiger partial charge in [0.05, 0.1) is 13.5 Å². The lowest BCUT2D eigenvalue weighted by molar-refractivity contribution is -0.131. The van der Waals surface area contributed by atoms with E-state index in [1.165, 1.54) is 17.4 Å². The van der Waals surface area contributed by atoms with Gasteiger partial charge in [-0.2, -0.15) is 0 Å². The van der Waals surface area contributed by atoms with Crippen molar-refractivity contribution in [2.24, 2.45) is 0 Å². The van der Waals surface area contributed by atoms with Crippen LogP contribution in [0.2, 0.25) is 0 Å². The molecule has 0 radical (unpaired) electrons. The highest BCUT2D eigenvalue weighted by Gasteiger charge is 2.22. The molecule has 0 saturated carbocycles. The van der Waals surface area contributed by atoms with Crippen LogP contribution in [-0.4, -0.2) is 30.2 Å². The zero-order valence-corrected chi connectivity index (χ0v) is 14.1. The molecule has 2 aromatic rings. The Labute approximate surface area is 139 Å². The van der Waals surface area contributed by atoms with Gasteiger partial charge in [0.15, 0.2) is 5.78 Å². The summed E-state index contributed by atoms with van der Waals surface area (Å²) in [4.78, 5) is 27.5. The third kappa shape index (κ3) is 3.29. The van der Waals surface area contributed by atoms with E-state index in [2.05, 4.69) is 11.4 Å². The molecule has 1 aliphatic heterocycles. The number of carbonyl (C=O) groups excluding carboxylic acids is 2. The Morgan fingerprint density at radius 2 is 2.13 bits per heavy atom. The molecule has 0 unspecified atom stereocenters. The van der Waals surface area contributed by atoms with Crippen LogP contribution in [0.15, 0.2) is 29.6 Å². The minimum absolute atomic E-state index is 0.0118. The fourth-order valence-electron chi connectivity index (χ4n) is 2.87. The number of benzene rings is 1. The predicted octanol–water partition coefficient (Wildman–Crippen LogP) is 3.09. The van der Waals surface area contributed by atoms with E-state index in [0.717, 1.165) is 18.5 Å². The molecule has 0 aliphatic carbocycles. The number of hydrogen-bond acceptors (Lipinski definition) is 4. The van der Waals surface area contributed by atoms with Crippen molar-refractivity contribution in [2.75, 3.05) is 13.7 Å². The Hall–Kier alpha value is -2.14. The maximum absolute atomic E-state index is 12.6. The number of nitrogens with zero attached hydrogens (tertiary/aromatic N) is 1. The van der Waals surface area contributed by atoms with E-state index in [0.29, 0.717) is 17.9 Å². The summed E-state index contributed by atoms with van der Waals surface area (Å²) in [5.41, 5.74) is 2.62. The van der Waals surface area contributed by atoms with Crippen LogP contribution in [-0.2, 0) is 24.2 Å². The second-order valence-electron chi connectivity index (χ2n) is 5.69. The van der Waals surface area contributed by atoms with E-state index < -0.39 is 0 Å². The average molecular weight is 329 g/mol. The van der Waals surface area contributed by atoms with Crippen LogP contribution in [0, 0.1) is 0 Å². The predicted molar refractivity (Wildman–Crippen MR) is 90.1 cm³/mol. The smallest absolute Gasteiger partial charge is 0.227 e. The van der Waals surface area contributed by atoms with Crippen molar-refractivity contribution in [1.29, 1.82) is 0 Å². The molecule has 0 spiro atoms. The number of Topliss-reactive ketones (excluding diaryl/α,β-unsaturated/α-hetero) is 1. The van der Waals surface area contributed by atoms with E-state index >= 15 is 0 Å². The standard InChI is InChI=1S/C18H19NO3S/c1-12(20)13-3-4-16(22-2)15(9-13)10-18(21)19-7-5-17-14(11-19)6-8-23-17/h3-4,6,8-9H,5,7,10-11H2,1-2H3. The fraction of sp³-hybridized carbons (Fsp3) is 0.333. The molecular weight excluding hydrogens is 310 g/mol. The van der Waals surface area contributed by atoms with Crippen LogP contribution in [0.25, 0.3) is 0 Å². The van der Waals surface area contributed by atoms with Crippen LogP contribution in [0.3, 0.4) is 0 Å². The second kappa shape index (κ2) is 6.54. The molecule has 1 aliphatic rings. The van der Waals surface area contributed by atoms with Crippen molar-refractivity contribution in [3.05, 3.63) is 51.2 Å².